The third kappa shape index (κ3) is 3.04. The number of ether oxygens (including phenoxy) is 1. The first-order chi connectivity index (χ1) is 13.0. The molecule has 2 aromatic rings. The zero-order valence-electron chi connectivity index (χ0n) is 14.9. The van der Waals surface area contributed by atoms with Gasteiger partial charge in [-0.2, -0.15) is 0 Å². The smallest absolute Gasteiger partial charge is 0.316 e. The van der Waals surface area contributed by atoms with Crippen molar-refractivity contribution in [2.24, 2.45) is 0 Å². The molecule has 2 aromatic carbocycles. The number of benzene rings is 2. The van der Waals surface area contributed by atoms with Crippen LogP contribution in [0.4, 0.5) is 11.4 Å². The van der Waals surface area contributed by atoms with Crippen LogP contribution < -0.4 is 9.64 Å². The molecule has 2 aliphatic heterocycles. The first-order valence-electron chi connectivity index (χ1n) is 8.69. The molecule has 7 nitrogen and oxygen atoms in total. The van der Waals surface area contributed by atoms with Crippen LogP contribution in [0.2, 0.25) is 0 Å². The highest BCUT2D eigenvalue weighted by molar-refractivity contribution is 8.13. The third-order valence-electron chi connectivity index (χ3n) is 4.97. The lowest BCUT2D eigenvalue weighted by Gasteiger charge is -2.24. The average molecular weight is 386 g/mol. The summed E-state index contributed by atoms with van der Waals surface area (Å²) in [4.78, 5) is 12.6. The van der Waals surface area contributed by atoms with Gasteiger partial charge in [-0.05, 0) is 54.6 Å². The molecule has 0 amide bonds. The van der Waals surface area contributed by atoms with Crippen molar-refractivity contribution in [3.63, 3.8) is 0 Å². The summed E-state index contributed by atoms with van der Waals surface area (Å²) >= 11 is 1.72. The van der Waals surface area contributed by atoms with Gasteiger partial charge in [0.25, 0.3) is 11.4 Å². The van der Waals surface area contributed by atoms with Crippen molar-refractivity contribution < 1.29 is 19.3 Å². The van der Waals surface area contributed by atoms with Crippen LogP contribution in [0.25, 0.3) is 0 Å². The summed E-state index contributed by atoms with van der Waals surface area (Å²) in [5, 5.41) is 23.5. The van der Waals surface area contributed by atoms with Crippen molar-refractivity contribution in [1.82, 2.24) is 0 Å². The topological polar surface area (TPSA) is 78.9 Å². The zero-order valence-corrected chi connectivity index (χ0v) is 15.7. The summed E-state index contributed by atoms with van der Waals surface area (Å²) in [6, 6.07) is 13.9. The van der Waals surface area contributed by atoms with Gasteiger partial charge >= 0.3 is 5.17 Å². The molecule has 0 bridgehead atoms. The Kier molecular flexibility index (Phi) is 4.53. The number of hydrogen-bond donors (Lipinski definition) is 1. The molecule has 8 heteroatoms. The van der Waals surface area contributed by atoms with Crippen LogP contribution in [-0.4, -0.2) is 45.7 Å². The second-order valence-electron chi connectivity index (χ2n) is 6.54. The van der Waals surface area contributed by atoms with Gasteiger partial charge in [0.15, 0.2) is 6.54 Å². The maximum atomic E-state index is 11.6. The van der Waals surface area contributed by atoms with E-state index in [-0.39, 0.29) is 5.69 Å². The van der Waals surface area contributed by atoms with Crippen molar-refractivity contribution in [3.8, 4) is 5.75 Å². The second-order valence-corrected chi connectivity index (χ2v) is 7.60. The lowest BCUT2D eigenvalue weighted by molar-refractivity contribution is -0.656. The predicted octanol–water partition coefficient (Wildman–Crippen LogP) is 2.77. The van der Waals surface area contributed by atoms with Gasteiger partial charge in [0, 0.05) is 23.4 Å². The van der Waals surface area contributed by atoms with Crippen LogP contribution in [0.5, 0.6) is 5.75 Å². The molecular formula is C19H20N3O4S+. The summed E-state index contributed by atoms with van der Waals surface area (Å²) in [6.07, 6.45) is 0.972. The Labute approximate surface area is 161 Å². The molecular weight excluding hydrogens is 366 g/mol. The molecule has 2 aliphatic rings. The number of β-amino-alcohol motifs (C(OH)–C–C–N with tert-alkyl or cyclic N) is 1. The molecule has 1 N–H and O–H groups in total. The van der Waals surface area contributed by atoms with E-state index >= 15 is 0 Å². The Balaban J connectivity index is 1.73. The van der Waals surface area contributed by atoms with Crippen LogP contribution in [0.15, 0.2) is 48.5 Å². The Bertz CT molecular complexity index is 898. The lowest BCUT2D eigenvalue weighted by Crippen LogP contribution is -2.41. The molecule has 0 radical (unpaired) electrons. The number of nitro benzene ring substituents is 1. The van der Waals surface area contributed by atoms with Crippen LogP contribution in [-0.2, 0) is 5.72 Å². The van der Waals surface area contributed by atoms with E-state index in [1.54, 1.807) is 31.0 Å². The Morgan fingerprint density at radius 1 is 1.22 bits per heavy atom. The van der Waals surface area contributed by atoms with Crippen LogP contribution in [0.1, 0.15) is 12.0 Å². The van der Waals surface area contributed by atoms with Crippen molar-refractivity contribution in [2.75, 3.05) is 30.9 Å². The van der Waals surface area contributed by atoms with E-state index in [1.807, 2.05) is 28.8 Å². The normalized spacial score (nSPS) is 21.9. The number of nitrogens with zero attached hydrogens (tertiary/aromatic N) is 3. The SMILES string of the molecule is COc1ccc(N2C[C@@](O)(c3ccc([N+](=O)[O-])cc3)[N+]3=C2SCCC3)cc1. The van der Waals surface area contributed by atoms with Gasteiger partial charge < -0.3 is 9.84 Å². The summed E-state index contributed by atoms with van der Waals surface area (Å²) < 4.78 is 7.24. The Morgan fingerprint density at radius 3 is 2.56 bits per heavy atom. The molecule has 0 spiro atoms. The molecule has 0 saturated carbocycles. The summed E-state index contributed by atoms with van der Waals surface area (Å²) in [7, 11) is 1.63. The molecule has 27 heavy (non-hydrogen) atoms. The number of nitro groups is 1. The highest BCUT2D eigenvalue weighted by Gasteiger charge is 2.53. The minimum atomic E-state index is -1.22. The van der Waals surface area contributed by atoms with E-state index in [1.165, 1.54) is 12.1 Å². The van der Waals surface area contributed by atoms with Gasteiger partial charge in [0.2, 0.25) is 0 Å². The van der Waals surface area contributed by atoms with Crippen LogP contribution in [0.3, 0.4) is 0 Å². The number of hydrogen-bond acceptors (Lipinski definition) is 6. The van der Waals surface area contributed by atoms with Crippen LogP contribution >= 0.6 is 11.8 Å². The average Bonchev–Trinajstić information content (AvgIpc) is 3.02. The van der Waals surface area contributed by atoms with Crippen molar-refractivity contribution >= 4 is 28.3 Å². The molecule has 0 fully saturated rings. The zero-order chi connectivity index (χ0) is 19.0. The minimum absolute atomic E-state index is 0.0181. The first-order valence-corrected chi connectivity index (χ1v) is 9.68. The number of amidine groups is 1. The van der Waals surface area contributed by atoms with E-state index in [4.69, 9.17) is 4.74 Å². The summed E-state index contributed by atoms with van der Waals surface area (Å²) in [6.45, 7) is 1.10. The standard InChI is InChI=1S/C19H20N3O4S/c1-26-17-9-7-15(8-10-17)20-13-19(23,21-11-2-12-27-18(20)21)14-3-5-16(6-4-14)22(24)25/h3-10,23H,2,11-13H2,1H3/q+1/t19-/m1/s1. The van der Waals surface area contributed by atoms with E-state index in [0.717, 1.165) is 35.3 Å². The van der Waals surface area contributed by atoms with Gasteiger partial charge in [0.1, 0.15) is 11.4 Å². The minimum Gasteiger partial charge on any atom is -0.497 e. The highest BCUT2D eigenvalue weighted by atomic mass is 32.2. The van der Waals surface area contributed by atoms with E-state index in [2.05, 4.69) is 4.90 Å². The van der Waals surface area contributed by atoms with Gasteiger partial charge in [-0.25, -0.2) is 9.48 Å². The van der Waals surface area contributed by atoms with E-state index in [0.29, 0.717) is 12.1 Å². The second kappa shape index (κ2) is 6.86. The van der Waals surface area contributed by atoms with Crippen molar-refractivity contribution in [3.05, 3.63) is 64.2 Å². The number of methoxy groups -OCH3 is 1. The molecule has 0 saturated heterocycles. The molecule has 0 aliphatic carbocycles. The fourth-order valence-electron chi connectivity index (χ4n) is 3.56. The highest BCUT2D eigenvalue weighted by Crippen LogP contribution is 2.38. The largest absolute Gasteiger partial charge is 0.497 e. The number of aliphatic hydroxyl groups is 1. The number of rotatable bonds is 4. The fourth-order valence-corrected chi connectivity index (χ4v) is 4.74. The maximum absolute atomic E-state index is 11.6. The predicted molar refractivity (Wildman–Crippen MR) is 105 cm³/mol. The lowest BCUT2D eigenvalue weighted by atomic mass is 10.0. The molecule has 0 unspecified atom stereocenters. The first kappa shape index (κ1) is 17.8. The number of anilines is 1. The van der Waals surface area contributed by atoms with Gasteiger partial charge in [-0.3, -0.25) is 10.1 Å². The Hall–Kier alpha value is -2.58. The number of thioether (sulfide) groups is 1. The van der Waals surface area contributed by atoms with Crippen molar-refractivity contribution in [1.29, 1.82) is 0 Å². The van der Waals surface area contributed by atoms with Crippen LogP contribution in [0, 0.1) is 10.1 Å². The summed E-state index contributed by atoms with van der Waals surface area (Å²) in [5.41, 5.74) is 0.425. The van der Waals surface area contributed by atoms with Crippen molar-refractivity contribution in [2.45, 2.75) is 12.1 Å². The third-order valence-corrected chi connectivity index (χ3v) is 6.16. The molecule has 1 atom stereocenters. The van der Waals surface area contributed by atoms with Gasteiger partial charge in [-0.1, -0.05) is 0 Å². The quantitative estimate of drug-likeness (QED) is 0.495. The summed E-state index contributed by atoms with van der Waals surface area (Å²) in [5.74, 6) is 1.77. The molecule has 0 aromatic heterocycles. The Morgan fingerprint density at radius 2 is 1.93 bits per heavy atom. The fraction of sp³-hybridized carbons (Fsp3) is 0.316. The van der Waals surface area contributed by atoms with E-state index in [9.17, 15) is 15.2 Å². The molecule has 2 heterocycles. The monoisotopic (exact) mass is 386 g/mol. The van der Waals surface area contributed by atoms with E-state index < -0.39 is 10.6 Å². The molecule has 140 valence electrons. The van der Waals surface area contributed by atoms with Gasteiger partial charge in [0.05, 0.1) is 18.6 Å². The maximum Gasteiger partial charge on any atom is 0.316 e. The molecule has 4 rings (SSSR count). The van der Waals surface area contributed by atoms with Gasteiger partial charge in [-0.15, -0.1) is 0 Å². The number of non-ortho nitro benzene ring substituents is 1.